The number of rotatable bonds is 7. The van der Waals surface area contributed by atoms with Crippen LogP contribution in [0.5, 0.6) is 0 Å². The summed E-state index contributed by atoms with van der Waals surface area (Å²) in [4.78, 5) is 24.2. The first-order valence-corrected chi connectivity index (χ1v) is 7.90. The van der Waals surface area contributed by atoms with Crippen LogP contribution in [-0.2, 0) is 4.79 Å². The van der Waals surface area contributed by atoms with E-state index in [2.05, 4.69) is 29.8 Å². The summed E-state index contributed by atoms with van der Waals surface area (Å²) in [6.45, 7) is 8.07. The fraction of sp³-hybridized carbons (Fsp3) is 0.529. The standard InChI is InChI=1S/C17H28N4O2/c1-12(2)10-17(4,11-18)21-15(22)13(3)19-16(23)20-14-8-6-5-7-9-14/h5-9,12-13H,10-11,18H2,1-4H3,(H,21,22)(H2,19,20,23). The Balaban J connectivity index is 2.54. The Kier molecular flexibility index (Phi) is 7.03. The van der Waals surface area contributed by atoms with E-state index in [1.807, 2.05) is 25.1 Å². The molecule has 0 saturated heterocycles. The van der Waals surface area contributed by atoms with Crippen molar-refractivity contribution >= 4 is 17.6 Å². The van der Waals surface area contributed by atoms with Crippen molar-refractivity contribution in [3.8, 4) is 0 Å². The molecular formula is C17H28N4O2. The van der Waals surface area contributed by atoms with E-state index in [-0.39, 0.29) is 5.91 Å². The molecule has 0 aliphatic heterocycles. The molecule has 2 atom stereocenters. The molecule has 0 saturated carbocycles. The maximum Gasteiger partial charge on any atom is 0.319 e. The number of hydrogen-bond donors (Lipinski definition) is 4. The molecule has 0 radical (unpaired) electrons. The summed E-state index contributed by atoms with van der Waals surface area (Å²) in [7, 11) is 0. The highest BCUT2D eigenvalue weighted by Crippen LogP contribution is 2.15. The van der Waals surface area contributed by atoms with Crippen LogP contribution in [0.25, 0.3) is 0 Å². The van der Waals surface area contributed by atoms with Crippen molar-refractivity contribution in [2.75, 3.05) is 11.9 Å². The summed E-state index contributed by atoms with van der Waals surface area (Å²) in [6.07, 6.45) is 0.776. The number of nitrogens with one attached hydrogen (secondary N) is 3. The van der Waals surface area contributed by atoms with Gasteiger partial charge in [-0.1, -0.05) is 32.0 Å². The van der Waals surface area contributed by atoms with Crippen LogP contribution in [-0.4, -0.2) is 30.1 Å². The molecule has 3 amide bonds. The van der Waals surface area contributed by atoms with Crippen LogP contribution < -0.4 is 21.7 Å². The fourth-order valence-electron chi connectivity index (χ4n) is 2.44. The molecular weight excluding hydrogens is 292 g/mol. The lowest BCUT2D eigenvalue weighted by molar-refractivity contribution is -0.124. The largest absolute Gasteiger partial charge is 0.348 e. The van der Waals surface area contributed by atoms with Gasteiger partial charge in [0.15, 0.2) is 0 Å². The van der Waals surface area contributed by atoms with Crippen molar-refractivity contribution in [2.24, 2.45) is 11.7 Å². The Morgan fingerprint density at radius 1 is 1.17 bits per heavy atom. The van der Waals surface area contributed by atoms with Crippen LogP contribution in [0.15, 0.2) is 30.3 Å². The number of para-hydroxylation sites is 1. The zero-order valence-corrected chi connectivity index (χ0v) is 14.3. The predicted octanol–water partition coefficient (Wildman–Crippen LogP) is 2.08. The van der Waals surface area contributed by atoms with Crippen molar-refractivity contribution in [1.29, 1.82) is 0 Å². The second kappa shape index (κ2) is 8.53. The minimum atomic E-state index is -0.656. The van der Waals surface area contributed by atoms with Gasteiger partial charge in [0.25, 0.3) is 0 Å². The van der Waals surface area contributed by atoms with E-state index in [4.69, 9.17) is 5.73 Å². The zero-order chi connectivity index (χ0) is 17.5. The van der Waals surface area contributed by atoms with Crippen LogP contribution in [0.4, 0.5) is 10.5 Å². The molecule has 0 fully saturated rings. The summed E-state index contributed by atoms with van der Waals surface area (Å²) >= 11 is 0. The SMILES string of the molecule is CC(C)CC(C)(CN)NC(=O)C(C)NC(=O)Nc1ccccc1. The van der Waals surface area contributed by atoms with E-state index in [1.165, 1.54) is 0 Å². The van der Waals surface area contributed by atoms with Gasteiger partial charge in [0.1, 0.15) is 6.04 Å². The molecule has 0 bridgehead atoms. The number of carbonyl (C=O) groups excluding carboxylic acids is 2. The third-order valence-corrected chi connectivity index (χ3v) is 3.51. The van der Waals surface area contributed by atoms with Crippen LogP contribution in [0.2, 0.25) is 0 Å². The highest BCUT2D eigenvalue weighted by Gasteiger charge is 2.28. The average Bonchev–Trinajstić information content (AvgIpc) is 2.47. The zero-order valence-electron chi connectivity index (χ0n) is 14.3. The molecule has 1 aromatic rings. The number of benzene rings is 1. The van der Waals surface area contributed by atoms with Gasteiger partial charge in [0.05, 0.1) is 0 Å². The van der Waals surface area contributed by atoms with Crippen LogP contribution >= 0.6 is 0 Å². The van der Waals surface area contributed by atoms with Crippen molar-refractivity contribution in [3.63, 3.8) is 0 Å². The van der Waals surface area contributed by atoms with E-state index < -0.39 is 17.6 Å². The van der Waals surface area contributed by atoms with Gasteiger partial charge >= 0.3 is 6.03 Å². The Labute approximate surface area is 138 Å². The monoisotopic (exact) mass is 320 g/mol. The van der Waals surface area contributed by atoms with Crippen LogP contribution in [0, 0.1) is 5.92 Å². The second-order valence-electron chi connectivity index (χ2n) is 6.54. The van der Waals surface area contributed by atoms with Gasteiger partial charge < -0.3 is 21.7 Å². The fourth-order valence-corrected chi connectivity index (χ4v) is 2.44. The van der Waals surface area contributed by atoms with Gasteiger partial charge in [-0.3, -0.25) is 4.79 Å². The Hall–Kier alpha value is -2.08. The molecule has 0 aliphatic carbocycles. The van der Waals surface area contributed by atoms with Gasteiger partial charge in [0, 0.05) is 17.8 Å². The molecule has 0 spiro atoms. The van der Waals surface area contributed by atoms with E-state index in [0.717, 1.165) is 6.42 Å². The lowest BCUT2D eigenvalue weighted by Gasteiger charge is -2.32. The van der Waals surface area contributed by atoms with Gasteiger partial charge in [-0.2, -0.15) is 0 Å². The van der Waals surface area contributed by atoms with E-state index in [1.54, 1.807) is 19.1 Å². The maximum atomic E-state index is 12.3. The molecule has 6 heteroatoms. The van der Waals surface area contributed by atoms with Crippen LogP contribution in [0.3, 0.4) is 0 Å². The van der Waals surface area contributed by atoms with Crippen molar-refractivity contribution in [3.05, 3.63) is 30.3 Å². The number of carbonyl (C=O) groups is 2. The lowest BCUT2D eigenvalue weighted by atomic mass is 9.90. The lowest BCUT2D eigenvalue weighted by Crippen LogP contribution is -2.57. The third kappa shape index (κ3) is 6.69. The summed E-state index contributed by atoms with van der Waals surface area (Å²) in [5, 5.41) is 8.24. The molecule has 0 heterocycles. The minimum Gasteiger partial charge on any atom is -0.348 e. The number of anilines is 1. The molecule has 6 nitrogen and oxygen atoms in total. The molecule has 5 N–H and O–H groups in total. The second-order valence-corrected chi connectivity index (χ2v) is 6.54. The van der Waals surface area contributed by atoms with Gasteiger partial charge in [-0.25, -0.2) is 4.79 Å². The average molecular weight is 320 g/mol. The first kappa shape index (κ1) is 19.0. The van der Waals surface area contributed by atoms with E-state index >= 15 is 0 Å². The van der Waals surface area contributed by atoms with Crippen molar-refractivity contribution in [1.82, 2.24) is 10.6 Å². The molecule has 2 unspecified atom stereocenters. The summed E-state index contributed by atoms with van der Waals surface area (Å²) < 4.78 is 0. The summed E-state index contributed by atoms with van der Waals surface area (Å²) in [5.41, 5.74) is 5.99. The summed E-state index contributed by atoms with van der Waals surface area (Å²) in [5.74, 6) is 0.162. The van der Waals surface area contributed by atoms with E-state index in [9.17, 15) is 9.59 Å². The molecule has 0 aromatic heterocycles. The van der Waals surface area contributed by atoms with Crippen LogP contribution in [0.1, 0.15) is 34.1 Å². The first-order chi connectivity index (χ1) is 10.8. The third-order valence-electron chi connectivity index (χ3n) is 3.51. The van der Waals surface area contributed by atoms with Gasteiger partial charge in [0.2, 0.25) is 5.91 Å². The molecule has 0 aliphatic rings. The minimum absolute atomic E-state index is 0.248. The topological polar surface area (TPSA) is 96.2 Å². The van der Waals surface area contributed by atoms with Gasteiger partial charge in [-0.15, -0.1) is 0 Å². The van der Waals surface area contributed by atoms with Crippen molar-refractivity contribution in [2.45, 2.75) is 45.7 Å². The quantitative estimate of drug-likeness (QED) is 0.619. The maximum absolute atomic E-state index is 12.3. The number of nitrogens with two attached hydrogens (primary N) is 1. The van der Waals surface area contributed by atoms with Gasteiger partial charge in [-0.05, 0) is 38.3 Å². The smallest absolute Gasteiger partial charge is 0.319 e. The molecule has 23 heavy (non-hydrogen) atoms. The number of amides is 3. The van der Waals surface area contributed by atoms with E-state index in [0.29, 0.717) is 18.2 Å². The highest BCUT2D eigenvalue weighted by molar-refractivity contribution is 5.93. The molecule has 1 rings (SSSR count). The van der Waals surface area contributed by atoms with Crippen molar-refractivity contribution < 1.29 is 9.59 Å². The summed E-state index contributed by atoms with van der Waals surface area (Å²) in [6, 6.07) is 7.99. The molecule has 128 valence electrons. The normalized spacial score (nSPS) is 14.7. The Morgan fingerprint density at radius 2 is 1.78 bits per heavy atom. The highest BCUT2D eigenvalue weighted by atomic mass is 16.2. The Bertz CT molecular complexity index is 519. The Morgan fingerprint density at radius 3 is 2.30 bits per heavy atom. The number of urea groups is 1. The molecule has 1 aromatic carbocycles. The number of hydrogen-bond acceptors (Lipinski definition) is 3. The predicted molar refractivity (Wildman–Crippen MR) is 93.1 cm³/mol. The first-order valence-electron chi connectivity index (χ1n) is 7.90.